The molecule has 0 bridgehead atoms. The molecule has 0 aromatic carbocycles. The molecule has 6 nitrogen and oxygen atoms in total. The highest BCUT2D eigenvalue weighted by molar-refractivity contribution is 7.91. The van der Waals surface area contributed by atoms with E-state index >= 15 is 0 Å². The van der Waals surface area contributed by atoms with Gasteiger partial charge in [-0.25, -0.2) is 13.1 Å². The van der Waals surface area contributed by atoms with Crippen molar-refractivity contribution >= 4 is 27.3 Å². The van der Waals surface area contributed by atoms with E-state index in [1.54, 1.807) is 16.3 Å². The largest absolute Gasteiger partial charge is 0.395 e. The molecule has 21 heavy (non-hydrogen) atoms. The van der Waals surface area contributed by atoms with Crippen LogP contribution in [0.3, 0.4) is 0 Å². The van der Waals surface area contributed by atoms with E-state index in [0.29, 0.717) is 6.54 Å². The number of aliphatic hydroxyl groups is 1. The number of nitrogens with zero attached hydrogens (tertiary/aromatic N) is 1. The zero-order chi connectivity index (χ0) is 15.3. The standard InChI is InChI=1S/C13H20N2O4S2/c16-9-8-15(11-3-1-4-11)12(17)6-7-14-21(18,19)13-5-2-10-20-13/h2,5,10-11,14,16H,1,3-4,6-9H2. The van der Waals surface area contributed by atoms with Crippen LogP contribution in [0, 0.1) is 0 Å². The lowest BCUT2D eigenvalue weighted by Crippen LogP contribution is -2.46. The molecule has 118 valence electrons. The Labute approximate surface area is 128 Å². The second-order valence-electron chi connectivity index (χ2n) is 4.98. The first-order chi connectivity index (χ1) is 10.0. The maximum Gasteiger partial charge on any atom is 0.250 e. The summed E-state index contributed by atoms with van der Waals surface area (Å²) in [6.07, 6.45) is 3.14. The molecular weight excluding hydrogens is 312 g/mol. The van der Waals surface area contributed by atoms with E-state index in [2.05, 4.69) is 4.72 Å². The molecule has 2 rings (SSSR count). The van der Waals surface area contributed by atoms with Gasteiger partial charge in [-0.1, -0.05) is 6.07 Å². The predicted molar refractivity (Wildman–Crippen MR) is 80.6 cm³/mol. The molecule has 1 aromatic rings. The van der Waals surface area contributed by atoms with E-state index in [4.69, 9.17) is 5.11 Å². The highest BCUT2D eigenvalue weighted by Crippen LogP contribution is 2.25. The highest BCUT2D eigenvalue weighted by atomic mass is 32.2. The molecule has 1 aromatic heterocycles. The first-order valence-corrected chi connectivity index (χ1v) is 9.34. The molecule has 0 aliphatic heterocycles. The number of sulfonamides is 1. The zero-order valence-electron chi connectivity index (χ0n) is 11.7. The molecule has 8 heteroatoms. The van der Waals surface area contributed by atoms with Gasteiger partial charge in [0, 0.05) is 25.6 Å². The Bertz CT molecular complexity index is 553. The number of aliphatic hydroxyl groups excluding tert-OH is 1. The third-order valence-corrected chi connectivity index (χ3v) is 6.43. The number of carbonyl (C=O) groups excluding carboxylic acids is 1. The predicted octanol–water partition coefficient (Wildman–Crippen LogP) is 0.790. The lowest BCUT2D eigenvalue weighted by molar-refractivity contribution is -0.135. The summed E-state index contributed by atoms with van der Waals surface area (Å²) in [7, 11) is -3.51. The number of thiophene rings is 1. The van der Waals surface area contributed by atoms with Crippen LogP contribution in [-0.4, -0.2) is 50.1 Å². The molecule has 0 radical (unpaired) electrons. The van der Waals surface area contributed by atoms with Crippen molar-refractivity contribution in [3.05, 3.63) is 17.5 Å². The van der Waals surface area contributed by atoms with Crippen molar-refractivity contribution in [3.8, 4) is 0 Å². The van der Waals surface area contributed by atoms with Crippen molar-refractivity contribution in [3.63, 3.8) is 0 Å². The Morgan fingerprint density at radius 1 is 1.48 bits per heavy atom. The third-order valence-electron chi connectivity index (χ3n) is 3.57. The van der Waals surface area contributed by atoms with E-state index in [1.165, 1.54) is 6.07 Å². The van der Waals surface area contributed by atoms with Gasteiger partial charge in [0.25, 0.3) is 0 Å². The van der Waals surface area contributed by atoms with Crippen LogP contribution >= 0.6 is 11.3 Å². The van der Waals surface area contributed by atoms with Gasteiger partial charge in [0.05, 0.1) is 6.61 Å². The van der Waals surface area contributed by atoms with Crippen molar-refractivity contribution in [2.45, 2.75) is 35.9 Å². The van der Waals surface area contributed by atoms with Crippen LogP contribution in [0.2, 0.25) is 0 Å². The molecule has 0 spiro atoms. The van der Waals surface area contributed by atoms with Crippen LogP contribution in [0.4, 0.5) is 0 Å². The Morgan fingerprint density at radius 3 is 2.76 bits per heavy atom. The van der Waals surface area contributed by atoms with Gasteiger partial charge in [-0.15, -0.1) is 11.3 Å². The van der Waals surface area contributed by atoms with Crippen LogP contribution in [-0.2, 0) is 14.8 Å². The van der Waals surface area contributed by atoms with Gasteiger partial charge in [0.15, 0.2) is 0 Å². The van der Waals surface area contributed by atoms with Crippen LogP contribution < -0.4 is 4.72 Å². The minimum absolute atomic E-state index is 0.0663. The number of rotatable bonds is 8. The number of hydrogen-bond acceptors (Lipinski definition) is 5. The van der Waals surface area contributed by atoms with Gasteiger partial charge in [0.1, 0.15) is 4.21 Å². The maximum absolute atomic E-state index is 12.1. The summed E-state index contributed by atoms with van der Waals surface area (Å²) in [5.41, 5.74) is 0. The van der Waals surface area contributed by atoms with E-state index in [0.717, 1.165) is 30.6 Å². The van der Waals surface area contributed by atoms with E-state index < -0.39 is 10.0 Å². The third kappa shape index (κ3) is 4.26. The first-order valence-electron chi connectivity index (χ1n) is 6.98. The monoisotopic (exact) mass is 332 g/mol. The van der Waals surface area contributed by atoms with Gasteiger partial charge in [-0.05, 0) is 30.7 Å². The Kier molecular flexibility index (Phi) is 5.74. The molecule has 1 aliphatic carbocycles. The summed E-state index contributed by atoms with van der Waals surface area (Å²) in [6, 6.07) is 3.41. The minimum atomic E-state index is -3.51. The minimum Gasteiger partial charge on any atom is -0.395 e. The second kappa shape index (κ2) is 7.35. The summed E-state index contributed by atoms with van der Waals surface area (Å²) < 4.78 is 26.5. The second-order valence-corrected chi connectivity index (χ2v) is 7.92. The quantitative estimate of drug-likeness (QED) is 0.737. The Balaban J connectivity index is 1.83. The van der Waals surface area contributed by atoms with Crippen LogP contribution in [0.5, 0.6) is 0 Å². The number of carbonyl (C=O) groups is 1. The topological polar surface area (TPSA) is 86.7 Å². The number of nitrogens with one attached hydrogen (secondary N) is 1. The normalized spacial score (nSPS) is 15.7. The fourth-order valence-electron chi connectivity index (χ4n) is 2.24. The van der Waals surface area contributed by atoms with Crippen molar-refractivity contribution in [1.82, 2.24) is 9.62 Å². The smallest absolute Gasteiger partial charge is 0.250 e. The van der Waals surface area contributed by atoms with Crippen molar-refractivity contribution in [1.29, 1.82) is 0 Å². The van der Waals surface area contributed by atoms with Gasteiger partial charge < -0.3 is 10.0 Å². The number of amides is 1. The summed E-state index contributed by atoms with van der Waals surface area (Å²) in [6.45, 7) is 0.331. The molecule has 2 N–H and O–H groups in total. The van der Waals surface area contributed by atoms with Crippen LogP contribution in [0.15, 0.2) is 21.7 Å². The number of hydrogen-bond donors (Lipinski definition) is 2. The Morgan fingerprint density at radius 2 is 2.24 bits per heavy atom. The van der Waals surface area contributed by atoms with Crippen molar-refractivity contribution in [2.24, 2.45) is 0 Å². The lowest BCUT2D eigenvalue weighted by Gasteiger charge is -2.37. The fourth-order valence-corrected chi connectivity index (χ4v) is 4.31. The van der Waals surface area contributed by atoms with E-state index in [9.17, 15) is 13.2 Å². The maximum atomic E-state index is 12.1. The fraction of sp³-hybridized carbons (Fsp3) is 0.615. The average molecular weight is 332 g/mol. The average Bonchev–Trinajstić information content (AvgIpc) is 2.90. The summed E-state index contributed by atoms with van der Waals surface area (Å²) in [5.74, 6) is -0.109. The van der Waals surface area contributed by atoms with Crippen molar-refractivity contribution < 1.29 is 18.3 Å². The molecule has 1 amide bonds. The first kappa shape index (κ1) is 16.4. The molecule has 0 saturated heterocycles. The van der Waals surface area contributed by atoms with E-state index in [1.807, 2.05) is 0 Å². The molecule has 1 aliphatic rings. The molecular formula is C13H20N2O4S2. The molecule has 1 saturated carbocycles. The SMILES string of the molecule is O=C(CCNS(=O)(=O)c1cccs1)N(CCO)C1CCC1. The van der Waals surface area contributed by atoms with Gasteiger partial charge >= 0.3 is 0 Å². The molecule has 0 unspecified atom stereocenters. The van der Waals surface area contributed by atoms with Gasteiger partial charge in [0.2, 0.25) is 15.9 Å². The van der Waals surface area contributed by atoms with Crippen LogP contribution in [0.25, 0.3) is 0 Å². The Hall–Kier alpha value is -0.960. The van der Waals surface area contributed by atoms with E-state index in [-0.39, 0.29) is 35.7 Å². The molecule has 1 fully saturated rings. The summed E-state index contributed by atoms with van der Waals surface area (Å²) >= 11 is 1.14. The highest BCUT2D eigenvalue weighted by Gasteiger charge is 2.28. The van der Waals surface area contributed by atoms with Crippen LogP contribution in [0.1, 0.15) is 25.7 Å². The molecule has 1 heterocycles. The van der Waals surface area contributed by atoms with Gasteiger partial charge in [-0.2, -0.15) is 0 Å². The summed E-state index contributed by atoms with van der Waals surface area (Å²) in [4.78, 5) is 13.8. The van der Waals surface area contributed by atoms with Gasteiger partial charge in [-0.3, -0.25) is 4.79 Å². The zero-order valence-corrected chi connectivity index (χ0v) is 13.3. The van der Waals surface area contributed by atoms with Crippen molar-refractivity contribution in [2.75, 3.05) is 19.7 Å². The lowest BCUT2D eigenvalue weighted by atomic mass is 9.91. The molecule has 0 atom stereocenters. The summed E-state index contributed by atoms with van der Waals surface area (Å²) in [5, 5.41) is 10.7.